The fraction of sp³-hybridized carbons (Fsp3) is 0.133. The normalized spacial score (nSPS) is 10.5. The van der Waals surface area contributed by atoms with E-state index in [0.717, 1.165) is 11.3 Å². The average Bonchev–Trinajstić information content (AvgIpc) is 2.96. The van der Waals surface area contributed by atoms with Gasteiger partial charge in [-0.3, -0.25) is 0 Å². The van der Waals surface area contributed by atoms with Gasteiger partial charge in [0.15, 0.2) is 0 Å². The number of nitrogens with one attached hydrogen (secondary N) is 2. The van der Waals surface area contributed by atoms with E-state index in [0.29, 0.717) is 6.54 Å². The third-order valence-corrected chi connectivity index (χ3v) is 2.50. The van der Waals surface area contributed by atoms with Crippen LogP contribution in [0, 0.1) is 0 Å². The molecule has 2 N–H and O–H groups in total. The summed E-state index contributed by atoms with van der Waals surface area (Å²) in [4.78, 5) is 14.4. The summed E-state index contributed by atoms with van der Waals surface area (Å²) >= 11 is 0. The van der Waals surface area contributed by atoms with Crippen molar-refractivity contribution in [2.24, 2.45) is 0 Å². The summed E-state index contributed by atoms with van der Waals surface area (Å²) in [6.07, 6.45) is 5.19. The molecule has 19 heavy (non-hydrogen) atoms. The highest BCUT2D eigenvalue weighted by atomic mass is 16.5. The molecule has 2 rings (SSSR count). The molecule has 0 saturated carbocycles. The molecule has 98 valence electrons. The number of rotatable bonds is 5. The Labute approximate surface area is 112 Å². The number of hydrogen-bond donors (Lipinski definition) is 2. The van der Waals surface area contributed by atoms with Crippen molar-refractivity contribution in [2.45, 2.75) is 6.61 Å². The molecule has 1 aromatic heterocycles. The molecule has 2 aromatic rings. The lowest BCUT2D eigenvalue weighted by Gasteiger charge is -2.05. The second-order valence-electron chi connectivity index (χ2n) is 3.97. The van der Waals surface area contributed by atoms with Crippen LogP contribution in [0.25, 0.3) is 6.08 Å². The van der Waals surface area contributed by atoms with Crippen molar-refractivity contribution >= 4 is 12.2 Å². The van der Waals surface area contributed by atoms with Crippen LogP contribution in [0.2, 0.25) is 0 Å². The smallest absolute Gasteiger partial charge is 0.407 e. The molecule has 0 atom stereocenters. The first-order valence-electron chi connectivity index (χ1n) is 6.09. The van der Waals surface area contributed by atoms with Crippen molar-refractivity contribution in [3.63, 3.8) is 0 Å². The number of carbonyl (C=O) groups is 1. The molecule has 1 aromatic carbocycles. The van der Waals surface area contributed by atoms with Gasteiger partial charge in [-0.05, 0) is 23.8 Å². The summed E-state index contributed by atoms with van der Waals surface area (Å²) in [7, 11) is 0. The van der Waals surface area contributed by atoms with E-state index in [2.05, 4.69) is 10.3 Å². The van der Waals surface area contributed by atoms with Gasteiger partial charge in [-0.1, -0.05) is 36.4 Å². The standard InChI is InChI=1S/C15H16N2O2/c18-15(19-12-13-6-2-1-3-7-13)17-11-5-9-14-8-4-10-16-14/h1-10,16H,11-12H2,(H,17,18). The number of H-pyrrole nitrogens is 1. The first kappa shape index (κ1) is 13.0. The van der Waals surface area contributed by atoms with Crippen molar-refractivity contribution in [3.8, 4) is 0 Å². The monoisotopic (exact) mass is 256 g/mol. The van der Waals surface area contributed by atoms with Crippen LogP contribution < -0.4 is 5.32 Å². The fourth-order valence-electron chi connectivity index (χ4n) is 1.55. The van der Waals surface area contributed by atoms with Gasteiger partial charge in [0.25, 0.3) is 0 Å². The Morgan fingerprint density at radius 1 is 1.21 bits per heavy atom. The topological polar surface area (TPSA) is 54.1 Å². The Morgan fingerprint density at radius 2 is 2.05 bits per heavy atom. The molecular weight excluding hydrogens is 240 g/mol. The summed E-state index contributed by atoms with van der Waals surface area (Å²) in [5.41, 5.74) is 1.97. The van der Waals surface area contributed by atoms with E-state index in [1.807, 2.05) is 60.8 Å². The Balaban J connectivity index is 1.65. The lowest BCUT2D eigenvalue weighted by Crippen LogP contribution is -2.24. The van der Waals surface area contributed by atoms with Crippen LogP contribution in [0.15, 0.2) is 54.7 Å². The van der Waals surface area contributed by atoms with Gasteiger partial charge in [-0.15, -0.1) is 0 Å². The Hall–Kier alpha value is -2.49. The molecule has 0 aliphatic heterocycles. The molecule has 1 amide bonds. The number of alkyl carbamates (subject to hydrolysis) is 1. The largest absolute Gasteiger partial charge is 0.445 e. The molecule has 0 unspecified atom stereocenters. The Morgan fingerprint density at radius 3 is 2.79 bits per heavy atom. The second-order valence-corrected chi connectivity index (χ2v) is 3.97. The van der Waals surface area contributed by atoms with Gasteiger partial charge in [0.05, 0.1) is 0 Å². The molecule has 0 fully saturated rings. The van der Waals surface area contributed by atoms with Gasteiger partial charge in [-0.2, -0.15) is 0 Å². The van der Waals surface area contributed by atoms with Crippen molar-refractivity contribution in [1.82, 2.24) is 10.3 Å². The molecule has 0 aliphatic rings. The summed E-state index contributed by atoms with van der Waals surface area (Å²) in [5.74, 6) is 0. The van der Waals surface area contributed by atoms with Crippen LogP contribution in [0.1, 0.15) is 11.3 Å². The quantitative estimate of drug-likeness (QED) is 0.864. The first-order chi connectivity index (χ1) is 9.34. The molecule has 0 spiro atoms. The third kappa shape index (κ3) is 4.71. The predicted molar refractivity (Wildman–Crippen MR) is 74.5 cm³/mol. The molecule has 4 heteroatoms. The van der Waals surface area contributed by atoms with Crippen molar-refractivity contribution in [3.05, 3.63) is 66.0 Å². The molecule has 0 aliphatic carbocycles. The first-order valence-corrected chi connectivity index (χ1v) is 6.09. The van der Waals surface area contributed by atoms with Crippen LogP contribution in [-0.4, -0.2) is 17.6 Å². The number of aromatic amines is 1. The molecule has 0 radical (unpaired) electrons. The molecule has 0 bridgehead atoms. The number of hydrogen-bond acceptors (Lipinski definition) is 2. The fourth-order valence-corrected chi connectivity index (χ4v) is 1.55. The van der Waals surface area contributed by atoms with Gasteiger partial charge in [0.1, 0.15) is 6.61 Å². The maximum Gasteiger partial charge on any atom is 0.407 e. The molecular formula is C15H16N2O2. The van der Waals surface area contributed by atoms with E-state index in [1.54, 1.807) is 0 Å². The summed E-state index contributed by atoms with van der Waals surface area (Å²) in [6, 6.07) is 13.4. The van der Waals surface area contributed by atoms with Crippen molar-refractivity contribution < 1.29 is 9.53 Å². The zero-order chi connectivity index (χ0) is 13.3. The minimum atomic E-state index is -0.417. The summed E-state index contributed by atoms with van der Waals surface area (Å²) in [5, 5.41) is 2.65. The number of ether oxygens (including phenoxy) is 1. The van der Waals surface area contributed by atoms with E-state index in [4.69, 9.17) is 4.74 Å². The van der Waals surface area contributed by atoms with Gasteiger partial charge in [0, 0.05) is 18.4 Å². The van der Waals surface area contributed by atoms with Crippen LogP contribution in [0.4, 0.5) is 4.79 Å². The van der Waals surface area contributed by atoms with E-state index in [9.17, 15) is 4.79 Å². The Bertz CT molecular complexity index is 518. The molecule has 1 heterocycles. The number of aromatic nitrogens is 1. The third-order valence-electron chi connectivity index (χ3n) is 2.50. The van der Waals surface area contributed by atoms with Gasteiger partial charge in [-0.25, -0.2) is 4.79 Å². The minimum Gasteiger partial charge on any atom is -0.445 e. The van der Waals surface area contributed by atoms with E-state index in [-0.39, 0.29) is 6.61 Å². The second kappa shape index (κ2) is 7.06. The van der Waals surface area contributed by atoms with Gasteiger partial charge in [0.2, 0.25) is 0 Å². The highest BCUT2D eigenvalue weighted by molar-refractivity contribution is 5.67. The minimum absolute atomic E-state index is 0.285. The van der Waals surface area contributed by atoms with E-state index in [1.165, 1.54) is 0 Å². The van der Waals surface area contributed by atoms with E-state index >= 15 is 0 Å². The number of amides is 1. The van der Waals surface area contributed by atoms with Gasteiger partial charge >= 0.3 is 6.09 Å². The maximum atomic E-state index is 11.4. The lowest BCUT2D eigenvalue weighted by atomic mass is 10.2. The lowest BCUT2D eigenvalue weighted by molar-refractivity contribution is 0.141. The van der Waals surface area contributed by atoms with Crippen molar-refractivity contribution in [2.75, 3.05) is 6.54 Å². The van der Waals surface area contributed by atoms with Crippen LogP contribution in [0.3, 0.4) is 0 Å². The average molecular weight is 256 g/mol. The zero-order valence-corrected chi connectivity index (χ0v) is 10.5. The molecule has 0 saturated heterocycles. The highest BCUT2D eigenvalue weighted by Gasteiger charge is 1.99. The van der Waals surface area contributed by atoms with Crippen LogP contribution >= 0.6 is 0 Å². The Kier molecular flexibility index (Phi) is 4.81. The van der Waals surface area contributed by atoms with Crippen LogP contribution in [-0.2, 0) is 11.3 Å². The maximum absolute atomic E-state index is 11.4. The van der Waals surface area contributed by atoms with E-state index < -0.39 is 6.09 Å². The summed E-state index contributed by atoms with van der Waals surface area (Å²) in [6.45, 7) is 0.722. The summed E-state index contributed by atoms with van der Waals surface area (Å²) < 4.78 is 5.07. The van der Waals surface area contributed by atoms with Crippen molar-refractivity contribution in [1.29, 1.82) is 0 Å². The predicted octanol–water partition coefficient (Wildman–Crippen LogP) is 2.95. The van der Waals surface area contributed by atoms with Crippen LogP contribution in [0.5, 0.6) is 0 Å². The number of carbonyl (C=O) groups excluding carboxylic acids is 1. The zero-order valence-electron chi connectivity index (χ0n) is 10.5. The van der Waals surface area contributed by atoms with Gasteiger partial charge < -0.3 is 15.0 Å². The molecule has 4 nitrogen and oxygen atoms in total. The number of benzene rings is 1. The SMILES string of the molecule is O=C(NCC=Cc1ccc[nH]1)OCc1ccccc1. The highest BCUT2D eigenvalue weighted by Crippen LogP contribution is 2.00.